The first-order valence-corrected chi connectivity index (χ1v) is 8.44. The van der Waals surface area contributed by atoms with Crippen molar-refractivity contribution in [1.29, 1.82) is 0 Å². The third-order valence-electron chi connectivity index (χ3n) is 2.19. The largest absolute Gasteiger partial charge is 0.383 e. The second-order valence-corrected chi connectivity index (χ2v) is 6.86. The highest BCUT2D eigenvalue weighted by molar-refractivity contribution is 7.89. The Morgan fingerprint density at radius 3 is 2.61 bits per heavy atom. The quantitative estimate of drug-likeness (QED) is 0.754. The molecule has 1 unspecified atom stereocenters. The van der Waals surface area contributed by atoms with E-state index in [2.05, 4.69) is 5.32 Å². The Bertz CT molecular complexity index is 546. The molecule has 5 nitrogen and oxygen atoms in total. The zero-order valence-corrected chi connectivity index (χ0v) is 11.5. The maximum Gasteiger partial charge on any atom is 0.238 e. The average Bonchev–Trinajstić information content (AvgIpc) is 2.24. The molecule has 0 saturated carbocycles. The van der Waals surface area contributed by atoms with E-state index < -0.39 is 26.6 Å². The van der Waals surface area contributed by atoms with Gasteiger partial charge in [-0.25, -0.2) is 17.9 Å². The summed E-state index contributed by atoms with van der Waals surface area (Å²) in [6.07, 6.45) is 2.24. The molecule has 0 aromatic heterocycles. The molecule has 0 aliphatic heterocycles. The Morgan fingerprint density at radius 2 is 2.11 bits per heavy atom. The molecule has 1 rings (SSSR count). The Balaban J connectivity index is 2.66. The van der Waals surface area contributed by atoms with Crippen molar-refractivity contribution in [2.75, 3.05) is 23.9 Å². The number of halogens is 1. The van der Waals surface area contributed by atoms with Gasteiger partial charge in [-0.2, -0.15) is 0 Å². The first-order valence-electron chi connectivity index (χ1n) is 5.17. The maximum absolute atomic E-state index is 13.5. The number of rotatable bonds is 6. The van der Waals surface area contributed by atoms with Crippen LogP contribution in [0, 0.1) is 5.82 Å². The van der Waals surface area contributed by atoms with Crippen molar-refractivity contribution in [2.24, 2.45) is 5.14 Å². The van der Waals surface area contributed by atoms with E-state index in [0.29, 0.717) is 18.7 Å². The Kier molecular flexibility index (Phi) is 5.24. The minimum atomic E-state index is -3.89. The number of hydrogen-bond acceptors (Lipinski definition) is 4. The van der Waals surface area contributed by atoms with Gasteiger partial charge in [-0.15, -0.1) is 0 Å². The molecule has 0 aliphatic carbocycles. The lowest BCUT2D eigenvalue weighted by molar-refractivity contribution is 0.593. The predicted octanol–water partition coefficient (Wildman–Crippen LogP) is 0.654. The lowest BCUT2D eigenvalue weighted by Crippen LogP contribution is -2.13. The predicted molar refractivity (Wildman–Crippen MR) is 69.8 cm³/mol. The van der Waals surface area contributed by atoms with Crippen molar-refractivity contribution in [3.8, 4) is 0 Å². The molecule has 0 amide bonds. The van der Waals surface area contributed by atoms with Crippen molar-refractivity contribution >= 4 is 26.5 Å². The zero-order chi connectivity index (χ0) is 13.8. The summed E-state index contributed by atoms with van der Waals surface area (Å²) in [6, 6.07) is 3.42. The summed E-state index contributed by atoms with van der Waals surface area (Å²) in [5.74, 6) is -0.150. The average molecular weight is 294 g/mol. The summed E-state index contributed by atoms with van der Waals surface area (Å²) < 4.78 is 46.3. The minimum absolute atomic E-state index is 0.198. The molecule has 0 heterocycles. The minimum Gasteiger partial charge on any atom is -0.383 e. The van der Waals surface area contributed by atoms with Gasteiger partial charge >= 0.3 is 0 Å². The van der Waals surface area contributed by atoms with Gasteiger partial charge in [-0.1, -0.05) is 0 Å². The van der Waals surface area contributed by atoms with Gasteiger partial charge in [0, 0.05) is 29.4 Å². The molecule has 1 aromatic carbocycles. The molecule has 0 fully saturated rings. The van der Waals surface area contributed by atoms with Gasteiger partial charge in [0.05, 0.1) is 10.6 Å². The summed E-state index contributed by atoms with van der Waals surface area (Å²) in [6.45, 7) is 0.464. The molecule has 3 N–H and O–H groups in total. The van der Waals surface area contributed by atoms with Crippen molar-refractivity contribution in [3.63, 3.8) is 0 Å². The van der Waals surface area contributed by atoms with Gasteiger partial charge in [0.1, 0.15) is 5.82 Å². The van der Waals surface area contributed by atoms with E-state index in [1.54, 1.807) is 6.26 Å². The normalized spacial score (nSPS) is 13.3. The molecule has 1 atom stereocenters. The van der Waals surface area contributed by atoms with Gasteiger partial charge in [-0.05, 0) is 24.6 Å². The Morgan fingerprint density at radius 1 is 1.44 bits per heavy atom. The van der Waals surface area contributed by atoms with Crippen LogP contribution in [-0.2, 0) is 20.8 Å². The molecule has 1 aromatic rings. The Hall–Kier alpha value is -0.990. The number of nitrogens with two attached hydrogens (primary N) is 1. The van der Waals surface area contributed by atoms with Crippen LogP contribution in [0.15, 0.2) is 23.1 Å². The van der Waals surface area contributed by atoms with Crippen LogP contribution in [0.4, 0.5) is 10.1 Å². The van der Waals surface area contributed by atoms with Crippen molar-refractivity contribution in [1.82, 2.24) is 0 Å². The highest BCUT2D eigenvalue weighted by atomic mass is 32.2. The van der Waals surface area contributed by atoms with Gasteiger partial charge in [0.25, 0.3) is 0 Å². The molecule has 0 bridgehead atoms. The van der Waals surface area contributed by atoms with E-state index in [1.165, 1.54) is 12.1 Å². The summed E-state index contributed by atoms with van der Waals surface area (Å²) in [7, 11) is -4.76. The van der Waals surface area contributed by atoms with E-state index in [-0.39, 0.29) is 10.6 Å². The van der Waals surface area contributed by atoms with Crippen LogP contribution in [0.3, 0.4) is 0 Å². The van der Waals surface area contributed by atoms with Crippen LogP contribution in [0.2, 0.25) is 0 Å². The fraction of sp³-hybridized carbons (Fsp3) is 0.400. The first-order chi connectivity index (χ1) is 8.30. The molecule has 102 valence electrons. The highest BCUT2D eigenvalue weighted by Gasteiger charge is 2.11. The van der Waals surface area contributed by atoms with Crippen molar-refractivity contribution < 1.29 is 17.0 Å². The summed E-state index contributed by atoms with van der Waals surface area (Å²) >= 11 is 0. The van der Waals surface area contributed by atoms with E-state index >= 15 is 0 Å². The monoisotopic (exact) mass is 294 g/mol. The topological polar surface area (TPSA) is 89.3 Å². The van der Waals surface area contributed by atoms with Crippen LogP contribution in [0.25, 0.3) is 0 Å². The lowest BCUT2D eigenvalue weighted by atomic mass is 10.3. The van der Waals surface area contributed by atoms with E-state index in [0.717, 1.165) is 6.07 Å². The third-order valence-corrected chi connectivity index (χ3v) is 3.97. The van der Waals surface area contributed by atoms with Crippen LogP contribution >= 0.6 is 0 Å². The van der Waals surface area contributed by atoms with Crippen LogP contribution in [0.1, 0.15) is 6.42 Å². The summed E-state index contributed by atoms with van der Waals surface area (Å²) in [5.41, 5.74) is 0.198. The third kappa shape index (κ3) is 4.71. The van der Waals surface area contributed by atoms with Crippen LogP contribution < -0.4 is 10.5 Å². The number of anilines is 1. The summed E-state index contributed by atoms with van der Waals surface area (Å²) in [5, 5.41) is 7.68. The number of benzene rings is 1. The fourth-order valence-electron chi connectivity index (χ4n) is 1.31. The second kappa shape index (κ2) is 6.26. The lowest BCUT2D eigenvalue weighted by Gasteiger charge is -2.08. The molecule has 0 spiro atoms. The van der Waals surface area contributed by atoms with E-state index in [4.69, 9.17) is 5.14 Å². The number of nitrogens with one attached hydrogen (secondary N) is 1. The number of sulfonamides is 1. The van der Waals surface area contributed by atoms with Crippen LogP contribution in [-0.4, -0.2) is 31.2 Å². The molecule has 0 saturated heterocycles. The fourth-order valence-corrected chi connectivity index (χ4v) is 2.39. The van der Waals surface area contributed by atoms with Gasteiger partial charge < -0.3 is 5.32 Å². The molecule has 8 heteroatoms. The Labute approximate surface area is 108 Å². The van der Waals surface area contributed by atoms with E-state index in [1.807, 2.05) is 0 Å². The van der Waals surface area contributed by atoms with Gasteiger partial charge in [0.2, 0.25) is 10.0 Å². The molecular weight excluding hydrogens is 279 g/mol. The number of hydrogen-bond donors (Lipinski definition) is 2. The van der Waals surface area contributed by atoms with Crippen molar-refractivity contribution in [3.05, 3.63) is 24.0 Å². The van der Waals surface area contributed by atoms with Crippen LogP contribution in [0.5, 0.6) is 0 Å². The molecule has 0 radical (unpaired) electrons. The molecule has 0 aliphatic rings. The van der Waals surface area contributed by atoms with E-state index in [9.17, 15) is 17.0 Å². The first kappa shape index (κ1) is 15.1. The number of primary sulfonamides is 1. The standard InChI is InChI=1S/C10H15FN2O3S2/c1-17(14)6-2-5-13-10-4-3-8(7-9(10)11)18(12,15)16/h3-4,7,13H,2,5-6H2,1H3,(H2,12,15,16). The SMILES string of the molecule is CS(=O)CCCNc1ccc(S(N)(=O)=O)cc1F. The maximum atomic E-state index is 13.5. The second-order valence-electron chi connectivity index (χ2n) is 3.74. The van der Waals surface area contributed by atoms with Gasteiger partial charge in [-0.3, -0.25) is 4.21 Å². The highest BCUT2D eigenvalue weighted by Crippen LogP contribution is 2.17. The smallest absolute Gasteiger partial charge is 0.238 e. The van der Waals surface area contributed by atoms with Crippen molar-refractivity contribution in [2.45, 2.75) is 11.3 Å². The zero-order valence-electron chi connectivity index (χ0n) is 9.85. The molecular formula is C10H15FN2O3S2. The van der Waals surface area contributed by atoms with Gasteiger partial charge in [0.15, 0.2) is 0 Å². The summed E-state index contributed by atoms with van der Waals surface area (Å²) in [4.78, 5) is -0.264. The molecule has 18 heavy (non-hydrogen) atoms.